The number of H-pyrrole nitrogens is 1. The van der Waals surface area contributed by atoms with Crippen LogP contribution in [0.4, 0.5) is 5.95 Å². The first-order valence-electron chi connectivity index (χ1n) is 8.68. The number of carbonyl (C=O) groups excluding carboxylic acids is 1. The molecule has 0 radical (unpaired) electrons. The maximum atomic E-state index is 12.5. The van der Waals surface area contributed by atoms with Gasteiger partial charge in [0.1, 0.15) is 0 Å². The number of benzene rings is 1. The number of anilines is 1. The number of fused-ring (bicyclic) bond motifs is 3. The number of nitrogens with zero attached hydrogens (tertiary/aromatic N) is 3. The molecule has 4 rings (SSSR count). The first kappa shape index (κ1) is 15.6. The third-order valence-electron chi connectivity index (χ3n) is 4.65. The molecule has 0 saturated carbocycles. The second-order valence-electron chi connectivity index (χ2n) is 6.30. The van der Waals surface area contributed by atoms with Crippen LogP contribution in [0.3, 0.4) is 0 Å². The third-order valence-corrected chi connectivity index (χ3v) is 4.65. The van der Waals surface area contributed by atoms with Crippen LogP contribution >= 0.6 is 0 Å². The molecule has 0 spiro atoms. The molecule has 0 unspecified atom stereocenters. The van der Waals surface area contributed by atoms with E-state index in [9.17, 15) is 4.79 Å². The fourth-order valence-electron chi connectivity index (χ4n) is 3.37. The van der Waals surface area contributed by atoms with Crippen molar-refractivity contribution in [3.05, 3.63) is 54.0 Å². The Labute approximate surface area is 146 Å². The van der Waals surface area contributed by atoms with Crippen LogP contribution in [0, 0.1) is 0 Å². The van der Waals surface area contributed by atoms with Crippen LogP contribution in [-0.2, 0) is 17.8 Å². The number of aromatic amines is 1. The van der Waals surface area contributed by atoms with E-state index in [-0.39, 0.29) is 5.91 Å². The van der Waals surface area contributed by atoms with Crippen molar-refractivity contribution in [2.45, 2.75) is 25.8 Å². The zero-order chi connectivity index (χ0) is 17.1. The molecule has 6 nitrogen and oxygen atoms in total. The van der Waals surface area contributed by atoms with E-state index >= 15 is 0 Å². The standard InChI is InChI=1S/C19H21N5O/c25-18(7-3-9-20-19-21-10-4-11-22-19)24-12-8-17-15(13-24)14-5-1-2-6-16(14)23-17/h1-2,4-6,10-11,23H,3,7-9,12-13H2,(H,20,21,22). The summed E-state index contributed by atoms with van der Waals surface area (Å²) in [5.74, 6) is 0.822. The Bertz CT molecular complexity index is 874. The van der Waals surface area contributed by atoms with Gasteiger partial charge in [-0.2, -0.15) is 0 Å². The molecular weight excluding hydrogens is 314 g/mol. The molecule has 0 atom stereocenters. The minimum Gasteiger partial charge on any atom is -0.358 e. The topological polar surface area (TPSA) is 73.9 Å². The summed E-state index contributed by atoms with van der Waals surface area (Å²) in [6, 6.07) is 10.1. The second-order valence-corrected chi connectivity index (χ2v) is 6.30. The fraction of sp³-hybridized carbons (Fsp3) is 0.316. The maximum absolute atomic E-state index is 12.5. The van der Waals surface area contributed by atoms with E-state index in [4.69, 9.17) is 0 Å². The average molecular weight is 335 g/mol. The Kier molecular flexibility index (Phi) is 4.33. The minimum atomic E-state index is 0.215. The van der Waals surface area contributed by atoms with Crippen molar-refractivity contribution in [3.8, 4) is 0 Å². The molecule has 1 aliphatic heterocycles. The summed E-state index contributed by atoms with van der Waals surface area (Å²) in [4.78, 5) is 26.2. The molecule has 3 heterocycles. The van der Waals surface area contributed by atoms with Crippen molar-refractivity contribution in [2.75, 3.05) is 18.4 Å². The van der Waals surface area contributed by atoms with E-state index in [1.54, 1.807) is 18.5 Å². The molecule has 2 aromatic heterocycles. The number of nitrogens with one attached hydrogen (secondary N) is 2. The van der Waals surface area contributed by atoms with E-state index in [2.05, 4.69) is 38.5 Å². The highest BCUT2D eigenvalue weighted by Crippen LogP contribution is 2.27. The summed E-state index contributed by atoms with van der Waals surface area (Å²) < 4.78 is 0. The van der Waals surface area contributed by atoms with Gasteiger partial charge in [-0.1, -0.05) is 18.2 Å². The van der Waals surface area contributed by atoms with Crippen LogP contribution in [0.5, 0.6) is 0 Å². The fourth-order valence-corrected chi connectivity index (χ4v) is 3.37. The molecule has 2 N–H and O–H groups in total. The lowest BCUT2D eigenvalue weighted by Crippen LogP contribution is -2.35. The van der Waals surface area contributed by atoms with E-state index in [1.165, 1.54) is 16.6 Å². The Morgan fingerprint density at radius 3 is 2.92 bits per heavy atom. The van der Waals surface area contributed by atoms with Gasteiger partial charge in [0.25, 0.3) is 0 Å². The molecule has 128 valence electrons. The van der Waals surface area contributed by atoms with Gasteiger partial charge in [-0.15, -0.1) is 0 Å². The Hall–Kier alpha value is -2.89. The van der Waals surface area contributed by atoms with Gasteiger partial charge < -0.3 is 15.2 Å². The Morgan fingerprint density at radius 1 is 1.20 bits per heavy atom. The van der Waals surface area contributed by atoms with E-state index < -0.39 is 0 Å². The van der Waals surface area contributed by atoms with Crippen LogP contribution in [-0.4, -0.2) is 38.8 Å². The average Bonchev–Trinajstić information content (AvgIpc) is 3.04. The molecule has 25 heavy (non-hydrogen) atoms. The molecule has 6 heteroatoms. The summed E-state index contributed by atoms with van der Waals surface area (Å²) in [6.45, 7) is 2.18. The van der Waals surface area contributed by atoms with Gasteiger partial charge >= 0.3 is 0 Å². The first-order valence-corrected chi connectivity index (χ1v) is 8.68. The van der Waals surface area contributed by atoms with Crippen LogP contribution in [0.1, 0.15) is 24.1 Å². The van der Waals surface area contributed by atoms with Gasteiger partial charge in [0.2, 0.25) is 11.9 Å². The lowest BCUT2D eigenvalue weighted by Gasteiger charge is -2.27. The predicted molar refractivity (Wildman–Crippen MR) is 97.2 cm³/mol. The predicted octanol–water partition coefficient (Wildman–Crippen LogP) is 2.73. The monoisotopic (exact) mass is 335 g/mol. The van der Waals surface area contributed by atoms with Gasteiger partial charge in [-0.3, -0.25) is 4.79 Å². The van der Waals surface area contributed by atoms with Crippen LogP contribution in [0.2, 0.25) is 0 Å². The molecule has 0 bridgehead atoms. The van der Waals surface area contributed by atoms with Gasteiger partial charge in [0, 0.05) is 67.0 Å². The van der Waals surface area contributed by atoms with Crippen molar-refractivity contribution >= 4 is 22.8 Å². The summed E-state index contributed by atoms with van der Waals surface area (Å²) in [6.07, 6.45) is 5.61. The van der Waals surface area contributed by atoms with E-state index in [0.717, 1.165) is 24.9 Å². The van der Waals surface area contributed by atoms with E-state index in [0.29, 0.717) is 25.5 Å². The lowest BCUT2D eigenvalue weighted by molar-refractivity contribution is -0.132. The van der Waals surface area contributed by atoms with Gasteiger partial charge in [-0.25, -0.2) is 9.97 Å². The summed E-state index contributed by atoms with van der Waals surface area (Å²) in [5.41, 5.74) is 3.70. The van der Waals surface area contributed by atoms with Crippen molar-refractivity contribution in [1.82, 2.24) is 19.9 Å². The Morgan fingerprint density at radius 2 is 2.04 bits per heavy atom. The number of hydrogen-bond acceptors (Lipinski definition) is 4. The smallest absolute Gasteiger partial charge is 0.222 e. The molecular formula is C19H21N5O. The number of carbonyl (C=O) groups is 1. The zero-order valence-corrected chi connectivity index (χ0v) is 14.0. The molecule has 3 aromatic rings. The number of rotatable bonds is 5. The molecule has 1 amide bonds. The number of aromatic nitrogens is 3. The second kappa shape index (κ2) is 6.93. The number of para-hydroxylation sites is 1. The summed E-state index contributed by atoms with van der Waals surface area (Å²) in [7, 11) is 0. The van der Waals surface area contributed by atoms with Crippen molar-refractivity contribution in [3.63, 3.8) is 0 Å². The van der Waals surface area contributed by atoms with E-state index in [1.807, 2.05) is 11.0 Å². The summed E-state index contributed by atoms with van der Waals surface area (Å²) >= 11 is 0. The Balaban J connectivity index is 1.33. The zero-order valence-electron chi connectivity index (χ0n) is 14.0. The highest BCUT2D eigenvalue weighted by Gasteiger charge is 2.23. The van der Waals surface area contributed by atoms with Crippen LogP contribution in [0.15, 0.2) is 42.7 Å². The number of hydrogen-bond donors (Lipinski definition) is 2. The first-order chi connectivity index (χ1) is 12.3. The minimum absolute atomic E-state index is 0.215. The third kappa shape index (κ3) is 3.33. The van der Waals surface area contributed by atoms with Crippen LogP contribution < -0.4 is 5.32 Å². The molecule has 1 aromatic carbocycles. The van der Waals surface area contributed by atoms with Crippen molar-refractivity contribution < 1.29 is 4.79 Å². The molecule has 0 saturated heterocycles. The summed E-state index contributed by atoms with van der Waals surface area (Å²) in [5, 5.41) is 4.37. The maximum Gasteiger partial charge on any atom is 0.222 e. The van der Waals surface area contributed by atoms with Gasteiger partial charge in [0.05, 0.1) is 0 Å². The number of amides is 1. The highest BCUT2D eigenvalue weighted by molar-refractivity contribution is 5.86. The van der Waals surface area contributed by atoms with Crippen molar-refractivity contribution in [2.24, 2.45) is 0 Å². The SMILES string of the molecule is O=C(CCCNc1ncccn1)N1CCc2[nH]c3ccccc3c2C1. The molecule has 0 fully saturated rings. The largest absolute Gasteiger partial charge is 0.358 e. The highest BCUT2D eigenvalue weighted by atomic mass is 16.2. The van der Waals surface area contributed by atoms with Crippen molar-refractivity contribution in [1.29, 1.82) is 0 Å². The molecule has 1 aliphatic rings. The normalized spacial score (nSPS) is 13.7. The van der Waals surface area contributed by atoms with Gasteiger partial charge in [-0.05, 0) is 18.6 Å². The molecule has 0 aliphatic carbocycles. The van der Waals surface area contributed by atoms with Gasteiger partial charge in [0.15, 0.2) is 0 Å². The quantitative estimate of drug-likeness (QED) is 0.703. The van der Waals surface area contributed by atoms with Crippen LogP contribution in [0.25, 0.3) is 10.9 Å². The lowest BCUT2D eigenvalue weighted by atomic mass is 10.0.